The van der Waals surface area contributed by atoms with Crippen LogP contribution < -0.4 is 5.73 Å². The number of nitrogens with zero attached hydrogens (tertiary/aromatic N) is 2. The normalized spacial score (nSPS) is 22.5. The number of hydrogen-bond donors (Lipinski definition) is 2. The number of primary amides is 1. The monoisotopic (exact) mass is 347 g/mol. The van der Waals surface area contributed by atoms with E-state index in [1.54, 1.807) is 0 Å². The Kier molecular flexibility index (Phi) is 5.08. The van der Waals surface area contributed by atoms with Crippen molar-refractivity contribution in [3.05, 3.63) is 35.9 Å². The summed E-state index contributed by atoms with van der Waals surface area (Å²) >= 11 is 0. The number of piperidine rings is 1. The summed E-state index contributed by atoms with van der Waals surface area (Å²) in [4.78, 5) is 31.3. The van der Waals surface area contributed by atoms with Crippen LogP contribution in [0.5, 0.6) is 0 Å². The van der Waals surface area contributed by atoms with Gasteiger partial charge in [0.1, 0.15) is 6.04 Å². The van der Waals surface area contributed by atoms with Crippen LogP contribution in [-0.2, 0) is 21.0 Å². The molecule has 2 heterocycles. The molecule has 2 fully saturated rings. The fraction of sp³-hybridized carbons (Fsp3) is 0.556. The zero-order chi connectivity index (χ0) is 18.0. The SMILES string of the molecule is C[C@@H](O)[C@@H](C(N)=O)N1CC2(CCN(OCc3ccccc3)CC2)C1=O. The maximum Gasteiger partial charge on any atom is 0.242 e. The highest BCUT2D eigenvalue weighted by Gasteiger charge is 2.56. The number of amides is 2. The number of likely N-dealkylation sites (tertiary alicyclic amines) is 1. The Morgan fingerprint density at radius 3 is 2.48 bits per heavy atom. The van der Waals surface area contributed by atoms with E-state index in [4.69, 9.17) is 10.6 Å². The van der Waals surface area contributed by atoms with Crippen molar-refractivity contribution in [1.29, 1.82) is 0 Å². The van der Waals surface area contributed by atoms with E-state index >= 15 is 0 Å². The molecule has 3 N–H and O–H groups in total. The van der Waals surface area contributed by atoms with Gasteiger partial charge in [-0.05, 0) is 25.3 Å². The van der Waals surface area contributed by atoms with E-state index in [-0.39, 0.29) is 5.91 Å². The Morgan fingerprint density at radius 1 is 1.32 bits per heavy atom. The molecule has 2 aliphatic rings. The van der Waals surface area contributed by atoms with Crippen LogP contribution in [0.15, 0.2) is 30.3 Å². The molecule has 0 aromatic heterocycles. The van der Waals surface area contributed by atoms with Crippen LogP contribution in [0.1, 0.15) is 25.3 Å². The van der Waals surface area contributed by atoms with Gasteiger partial charge in [0.2, 0.25) is 11.8 Å². The van der Waals surface area contributed by atoms with E-state index in [1.165, 1.54) is 11.8 Å². The van der Waals surface area contributed by atoms with Crippen LogP contribution in [0, 0.1) is 5.41 Å². The molecule has 0 radical (unpaired) electrons. The molecular weight excluding hydrogens is 322 g/mol. The van der Waals surface area contributed by atoms with Crippen LogP contribution in [0.4, 0.5) is 0 Å². The largest absolute Gasteiger partial charge is 0.391 e. The van der Waals surface area contributed by atoms with Crippen molar-refractivity contribution >= 4 is 11.8 Å². The second kappa shape index (κ2) is 7.11. The summed E-state index contributed by atoms with van der Waals surface area (Å²) in [7, 11) is 0. The zero-order valence-corrected chi connectivity index (χ0v) is 14.4. The molecule has 2 amide bonds. The molecule has 7 heteroatoms. The number of benzene rings is 1. The van der Waals surface area contributed by atoms with E-state index in [2.05, 4.69) is 0 Å². The van der Waals surface area contributed by atoms with E-state index in [1.807, 2.05) is 35.4 Å². The highest BCUT2D eigenvalue weighted by molar-refractivity contribution is 5.94. The molecule has 2 atom stereocenters. The van der Waals surface area contributed by atoms with Crippen molar-refractivity contribution in [1.82, 2.24) is 9.96 Å². The maximum absolute atomic E-state index is 12.6. The average Bonchev–Trinajstić information content (AvgIpc) is 2.60. The minimum absolute atomic E-state index is 0.0834. The molecule has 0 bridgehead atoms. The summed E-state index contributed by atoms with van der Waals surface area (Å²) in [5, 5.41) is 11.6. The molecule has 1 aromatic carbocycles. The highest BCUT2D eigenvalue weighted by atomic mass is 16.7. The molecule has 136 valence electrons. The molecule has 0 unspecified atom stereocenters. The number of rotatable bonds is 6. The van der Waals surface area contributed by atoms with Gasteiger partial charge in [-0.3, -0.25) is 14.4 Å². The molecule has 3 rings (SSSR count). The van der Waals surface area contributed by atoms with Gasteiger partial charge in [-0.25, -0.2) is 0 Å². The molecular formula is C18H25N3O4. The van der Waals surface area contributed by atoms with Crippen LogP contribution in [0.2, 0.25) is 0 Å². The third-order valence-corrected chi connectivity index (χ3v) is 5.21. The summed E-state index contributed by atoms with van der Waals surface area (Å²) < 4.78 is 0. The van der Waals surface area contributed by atoms with E-state index in [0.717, 1.165) is 5.56 Å². The number of carbonyl (C=O) groups excluding carboxylic acids is 2. The van der Waals surface area contributed by atoms with Gasteiger partial charge >= 0.3 is 0 Å². The predicted octanol–water partition coefficient (Wildman–Crippen LogP) is 0.277. The van der Waals surface area contributed by atoms with Gasteiger partial charge in [-0.2, -0.15) is 5.06 Å². The van der Waals surface area contributed by atoms with Crippen LogP contribution in [0.3, 0.4) is 0 Å². The lowest BCUT2D eigenvalue weighted by Gasteiger charge is -2.54. The lowest BCUT2D eigenvalue weighted by Crippen LogP contribution is -2.70. The van der Waals surface area contributed by atoms with Gasteiger partial charge in [0.15, 0.2) is 0 Å². The zero-order valence-electron chi connectivity index (χ0n) is 14.4. The fourth-order valence-corrected chi connectivity index (χ4v) is 3.71. The second-order valence-electron chi connectivity index (χ2n) is 6.99. The Morgan fingerprint density at radius 2 is 1.96 bits per heavy atom. The minimum atomic E-state index is -0.965. The van der Waals surface area contributed by atoms with Crippen molar-refractivity contribution in [2.24, 2.45) is 11.1 Å². The number of β-lactam (4-membered cyclic amide) rings is 1. The third kappa shape index (κ3) is 3.53. The Labute approximate surface area is 147 Å². The highest BCUT2D eigenvalue weighted by Crippen LogP contribution is 2.43. The molecule has 2 aliphatic heterocycles. The Balaban J connectivity index is 1.51. The summed E-state index contributed by atoms with van der Waals surface area (Å²) in [6, 6.07) is 9.00. The van der Waals surface area contributed by atoms with Crippen molar-refractivity contribution < 1.29 is 19.5 Å². The first-order valence-corrected chi connectivity index (χ1v) is 8.63. The van der Waals surface area contributed by atoms with Crippen molar-refractivity contribution in [2.75, 3.05) is 19.6 Å². The molecule has 1 aromatic rings. The van der Waals surface area contributed by atoms with Gasteiger partial charge < -0.3 is 15.7 Å². The van der Waals surface area contributed by atoms with E-state index in [0.29, 0.717) is 39.1 Å². The number of carbonyl (C=O) groups is 2. The molecule has 7 nitrogen and oxygen atoms in total. The first-order chi connectivity index (χ1) is 11.9. The number of hydroxylamine groups is 2. The summed E-state index contributed by atoms with van der Waals surface area (Å²) in [6.45, 7) is 3.80. The van der Waals surface area contributed by atoms with Crippen LogP contribution in [0.25, 0.3) is 0 Å². The van der Waals surface area contributed by atoms with E-state index in [9.17, 15) is 14.7 Å². The number of aliphatic hydroxyl groups excluding tert-OH is 1. The summed E-state index contributed by atoms with van der Waals surface area (Å²) in [5.41, 5.74) is 6.00. The van der Waals surface area contributed by atoms with Crippen LogP contribution >= 0.6 is 0 Å². The smallest absolute Gasteiger partial charge is 0.242 e. The fourth-order valence-electron chi connectivity index (χ4n) is 3.71. The topological polar surface area (TPSA) is 96.1 Å². The lowest BCUT2D eigenvalue weighted by atomic mass is 9.70. The maximum atomic E-state index is 12.6. The van der Waals surface area contributed by atoms with Gasteiger partial charge in [-0.15, -0.1) is 0 Å². The quantitative estimate of drug-likeness (QED) is 0.721. The summed E-state index contributed by atoms with van der Waals surface area (Å²) in [5.74, 6) is -0.748. The minimum Gasteiger partial charge on any atom is -0.391 e. The molecule has 25 heavy (non-hydrogen) atoms. The first-order valence-electron chi connectivity index (χ1n) is 8.63. The molecule has 0 saturated carbocycles. The van der Waals surface area contributed by atoms with E-state index < -0.39 is 23.5 Å². The van der Waals surface area contributed by atoms with Crippen LogP contribution in [-0.4, -0.2) is 58.7 Å². The van der Waals surface area contributed by atoms with Gasteiger partial charge in [0.25, 0.3) is 0 Å². The first kappa shape index (κ1) is 17.8. The molecule has 0 aliphatic carbocycles. The van der Waals surface area contributed by atoms with Crippen molar-refractivity contribution in [2.45, 2.75) is 38.5 Å². The Hall–Kier alpha value is -1.96. The second-order valence-corrected chi connectivity index (χ2v) is 6.99. The Bertz CT molecular complexity index is 626. The number of hydrogen-bond acceptors (Lipinski definition) is 5. The standard InChI is InChI=1S/C18H25N3O4/c1-13(22)15(16(19)23)21-12-18(17(21)24)7-9-20(10-8-18)25-11-14-5-3-2-4-6-14/h2-6,13,15,22H,7-12H2,1H3,(H2,19,23)/t13-,15+/m1/s1. The number of aliphatic hydroxyl groups is 1. The predicted molar refractivity (Wildman–Crippen MR) is 90.8 cm³/mol. The lowest BCUT2D eigenvalue weighted by molar-refractivity contribution is -0.211. The van der Waals surface area contributed by atoms with Gasteiger partial charge in [0, 0.05) is 19.6 Å². The number of nitrogens with two attached hydrogens (primary N) is 1. The van der Waals surface area contributed by atoms with Gasteiger partial charge in [-0.1, -0.05) is 30.3 Å². The third-order valence-electron chi connectivity index (χ3n) is 5.21. The summed E-state index contributed by atoms with van der Waals surface area (Å²) in [6.07, 6.45) is 0.401. The van der Waals surface area contributed by atoms with Crippen molar-refractivity contribution in [3.63, 3.8) is 0 Å². The molecule has 2 saturated heterocycles. The molecule has 1 spiro atoms. The van der Waals surface area contributed by atoms with Crippen molar-refractivity contribution in [3.8, 4) is 0 Å². The average molecular weight is 347 g/mol. The van der Waals surface area contributed by atoms with Gasteiger partial charge in [0.05, 0.1) is 18.1 Å².